The zero-order valence-corrected chi connectivity index (χ0v) is 7.90. The number of nitrogens with two attached hydrogens (primary N) is 1. The average Bonchev–Trinajstić information content (AvgIpc) is 2.58. The number of ether oxygens (including phenoxy) is 1. The highest BCUT2D eigenvalue weighted by Crippen LogP contribution is 2.33. The predicted molar refractivity (Wildman–Crippen MR) is 52.7 cm³/mol. The zero-order chi connectivity index (χ0) is 9.97. The number of fused-ring (bicyclic) bond motifs is 1. The molecule has 0 saturated heterocycles. The summed E-state index contributed by atoms with van der Waals surface area (Å²) < 4.78 is 5.42. The van der Waals surface area contributed by atoms with Crippen molar-refractivity contribution >= 4 is 5.91 Å². The first-order valence-corrected chi connectivity index (χ1v) is 4.75. The summed E-state index contributed by atoms with van der Waals surface area (Å²) in [6.07, 6.45) is 2.03. The second-order valence-corrected chi connectivity index (χ2v) is 3.50. The standard InChI is InChI=1S/C11H13NO2/c12-11(13)7-14-10-6-5-8-3-1-2-4-9(8)10/h1-4,10H,5-7H2,(H2,12,13). The molecule has 3 heteroatoms. The molecule has 1 aromatic rings. The van der Waals surface area contributed by atoms with E-state index in [-0.39, 0.29) is 12.7 Å². The van der Waals surface area contributed by atoms with Crippen LogP contribution in [0.4, 0.5) is 0 Å². The summed E-state index contributed by atoms with van der Waals surface area (Å²) >= 11 is 0. The predicted octanol–water partition coefficient (Wildman–Crippen LogP) is 1.18. The maximum absolute atomic E-state index is 10.6. The van der Waals surface area contributed by atoms with E-state index in [1.54, 1.807) is 0 Å². The van der Waals surface area contributed by atoms with E-state index < -0.39 is 5.91 Å². The molecule has 2 N–H and O–H groups in total. The number of hydrogen-bond donors (Lipinski definition) is 1. The van der Waals surface area contributed by atoms with Gasteiger partial charge in [-0.05, 0) is 24.0 Å². The molecule has 1 unspecified atom stereocenters. The minimum absolute atomic E-state index is 0.0129. The largest absolute Gasteiger partial charge is 0.368 e. The number of rotatable bonds is 3. The van der Waals surface area contributed by atoms with Gasteiger partial charge in [-0.15, -0.1) is 0 Å². The number of benzene rings is 1. The molecule has 1 amide bonds. The second-order valence-electron chi connectivity index (χ2n) is 3.50. The average molecular weight is 191 g/mol. The lowest BCUT2D eigenvalue weighted by atomic mass is 10.1. The third-order valence-electron chi connectivity index (χ3n) is 2.50. The fourth-order valence-electron chi connectivity index (χ4n) is 1.87. The van der Waals surface area contributed by atoms with Crippen LogP contribution in [0.3, 0.4) is 0 Å². The molecule has 0 aliphatic heterocycles. The Morgan fingerprint density at radius 1 is 1.50 bits per heavy atom. The molecule has 0 aromatic heterocycles. The molecule has 0 fully saturated rings. The van der Waals surface area contributed by atoms with E-state index in [0.29, 0.717) is 0 Å². The molecule has 1 aliphatic carbocycles. The number of primary amides is 1. The molecule has 0 saturated carbocycles. The normalized spacial score (nSPS) is 19.3. The molecular formula is C11H13NO2. The van der Waals surface area contributed by atoms with Crippen molar-refractivity contribution in [2.24, 2.45) is 5.73 Å². The van der Waals surface area contributed by atoms with Crippen molar-refractivity contribution in [2.45, 2.75) is 18.9 Å². The van der Waals surface area contributed by atoms with E-state index in [2.05, 4.69) is 6.07 Å². The quantitative estimate of drug-likeness (QED) is 0.779. The summed E-state index contributed by atoms with van der Waals surface area (Å²) in [6, 6.07) is 8.16. The molecule has 0 bridgehead atoms. The zero-order valence-electron chi connectivity index (χ0n) is 7.90. The Bertz CT molecular complexity index is 349. The highest BCUT2D eigenvalue weighted by Gasteiger charge is 2.22. The lowest BCUT2D eigenvalue weighted by molar-refractivity contribution is -0.124. The van der Waals surface area contributed by atoms with Crippen molar-refractivity contribution in [1.29, 1.82) is 0 Å². The Balaban J connectivity index is 2.07. The van der Waals surface area contributed by atoms with E-state index in [0.717, 1.165) is 12.8 Å². The molecular weight excluding hydrogens is 178 g/mol. The van der Waals surface area contributed by atoms with Gasteiger partial charge in [0.2, 0.25) is 5.91 Å². The highest BCUT2D eigenvalue weighted by molar-refractivity contribution is 5.75. The lowest BCUT2D eigenvalue weighted by Crippen LogP contribution is -2.19. The van der Waals surface area contributed by atoms with Crippen LogP contribution in [0.15, 0.2) is 24.3 Å². The maximum atomic E-state index is 10.6. The van der Waals surface area contributed by atoms with Gasteiger partial charge < -0.3 is 10.5 Å². The Labute approximate surface area is 82.9 Å². The van der Waals surface area contributed by atoms with Crippen LogP contribution in [0, 0.1) is 0 Å². The van der Waals surface area contributed by atoms with Gasteiger partial charge in [-0.25, -0.2) is 0 Å². The minimum Gasteiger partial charge on any atom is -0.368 e. The van der Waals surface area contributed by atoms with Gasteiger partial charge in [0.15, 0.2) is 0 Å². The Hall–Kier alpha value is -1.35. The third-order valence-corrected chi connectivity index (χ3v) is 2.50. The minimum atomic E-state index is -0.408. The van der Waals surface area contributed by atoms with E-state index in [9.17, 15) is 4.79 Å². The number of hydrogen-bond acceptors (Lipinski definition) is 2. The topological polar surface area (TPSA) is 52.3 Å². The molecule has 0 heterocycles. The summed E-state index contributed by atoms with van der Waals surface area (Å²) in [5.74, 6) is -0.408. The van der Waals surface area contributed by atoms with E-state index in [4.69, 9.17) is 10.5 Å². The van der Waals surface area contributed by atoms with Gasteiger partial charge in [-0.2, -0.15) is 0 Å². The molecule has 1 atom stereocenters. The first-order valence-electron chi connectivity index (χ1n) is 4.75. The second kappa shape index (κ2) is 3.80. The van der Waals surface area contributed by atoms with Crippen molar-refractivity contribution in [3.8, 4) is 0 Å². The molecule has 2 rings (SSSR count). The van der Waals surface area contributed by atoms with Crippen LogP contribution >= 0.6 is 0 Å². The van der Waals surface area contributed by atoms with E-state index in [1.165, 1.54) is 11.1 Å². The van der Waals surface area contributed by atoms with Gasteiger partial charge in [-0.3, -0.25) is 4.79 Å². The summed E-state index contributed by atoms with van der Waals surface area (Å²) in [7, 11) is 0. The van der Waals surface area contributed by atoms with Crippen molar-refractivity contribution in [1.82, 2.24) is 0 Å². The van der Waals surface area contributed by atoms with Crippen molar-refractivity contribution in [2.75, 3.05) is 6.61 Å². The van der Waals surface area contributed by atoms with Crippen LogP contribution in [0.2, 0.25) is 0 Å². The molecule has 3 nitrogen and oxygen atoms in total. The summed E-state index contributed by atoms with van der Waals surface area (Å²) in [5, 5.41) is 0. The van der Waals surface area contributed by atoms with Gasteiger partial charge in [0.05, 0.1) is 6.10 Å². The SMILES string of the molecule is NC(=O)COC1CCc2ccccc21. The van der Waals surface area contributed by atoms with Gasteiger partial charge in [0.25, 0.3) is 0 Å². The Morgan fingerprint density at radius 2 is 2.29 bits per heavy atom. The maximum Gasteiger partial charge on any atom is 0.243 e. The van der Waals surface area contributed by atoms with E-state index in [1.807, 2.05) is 18.2 Å². The lowest BCUT2D eigenvalue weighted by Gasteiger charge is -2.11. The van der Waals surface area contributed by atoms with Gasteiger partial charge >= 0.3 is 0 Å². The third kappa shape index (κ3) is 1.77. The van der Waals surface area contributed by atoms with Crippen LogP contribution in [-0.4, -0.2) is 12.5 Å². The highest BCUT2D eigenvalue weighted by atomic mass is 16.5. The summed E-state index contributed by atoms with van der Waals surface area (Å²) in [5.41, 5.74) is 7.55. The van der Waals surface area contributed by atoms with Gasteiger partial charge in [0.1, 0.15) is 6.61 Å². The van der Waals surface area contributed by atoms with E-state index >= 15 is 0 Å². The Morgan fingerprint density at radius 3 is 3.07 bits per heavy atom. The molecule has 0 radical (unpaired) electrons. The molecule has 0 spiro atoms. The fourth-order valence-corrected chi connectivity index (χ4v) is 1.87. The van der Waals surface area contributed by atoms with Crippen molar-refractivity contribution in [3.05, 3.63) is 35.4 Å². The van der Waals surface area contributed by atoms with Gasteiger partial charge in [0, 0.05) is 0 Å². The van der Waals surface area contributed by atoms with Crippen LogP contribution in [0.1, 0.15) is 23.7 Å². The first kappa shape index (κ1) is 9.21. The number of carbonyl (C=O) groups excluding carboxylic acids is 1. The van der Waals surface area contributed by atoms with Crippen LogP contribution in [0.5, 0.6) is 0 Å². The summed E-state index contributed by atoms with van der Waals surface area (Å²) in [4.78, 5) is 10.6. The molecule has 74 valence electrons. The van der Waals surface area contributed by atoms with Crippen molar-refractivity contribution < 1.29 is 9.53 Å². The Kier molecular flexibility index (Phi) is 2.50. The van der Waals surface area contributed by atoms with Gasteiger partial charge in [-0.1, -0.05) is 24.3 Å². The van der Waals surface area contributed by atoms with Crippen LogP contribution in [-0.2, 0) is 16.0 Å². The molecule has 14 heavy (non-hydrogen) atoms. The van der Waals surface area contributed by atoms with Crippen LogP contribution < -0.4 is 5.73 Å². The first-order chi connectivity index (χ1) is 6.77. The summed E-state index contributed by atoms with van der Waals surface area (Å²) in [6.45, 7) is 0.0129. The molecule has 1 aliphatic rings. The number of carbonyl (C=O) groups is 1. The molecule has 1 aromatic carbocycles. The van der Waals surface area contributed by atoms with Crippen molar-refractivity contribution in [3.63, 3.8) is 0 Å². The van der Waals surface area contributed by atoms with Crippen LogP contribution in [0.25, 0.3) is 0 Å². The number of aryl methyl sites for hydroxylation is 1. The monoisotopic (exact) mass is 191 g/mol. The fraction of sp³-hybridized carbons (Fsp3) is 0.364. The smallest absolute Gasteiger partial charge is 0.243 e. The number of amides is 1.